The van der Waals surface area contributed by atoms with Crippen LogP contribution in [0, 0.1) is 5.82 Å². The SMILES string of the molecule is CC(C)(C)[Si](C)(C)Oc1cccc(C2NC(=S)NC=C2c2ccc(F)cc2)c1. The summed E-state index contributed by atoms with van der Waals surface area (Å²) >= 11 is 5.32. The lowest BCUT2D eigenvalue weighted by atomic mass is 9.92. The topological polar surface area (TPSA) is 33.3 Å². The van der Waals surface area contributed by atoms with E-state index in [1.54, 1.807) is 12.1 Å². The predicted molar refractivity (Wildman–Crippen MR) is 120 cm³/mol. The molecule has 1 aliphatic heterocycles. The second-order valence-electron chi connectivity index (χ2n) is 8.59. The van der Waals surface area contributed by atoms with E-state index in [1.165, 1.54) is 12.1 Å². The average Bonchev–Trinajstić information content (AvgIpc) is 2.61. The second-order valence-corrected chi connectivity index (χ2v) is 13.7. The zero-order valence-corrected chi connectivity index (χ0v) is 18.8. The van der Waals surface area contributed by atoms with E-state index in [4.69, 9.17) is 16.6 Å². The maximum Gasteiger partial charge on any atom is 0.250 e. The Morgan fingerprint density at radius 3 is 2.39 bits per heavy atom. The summed E-state index contributed by atoms with van der Waals surface area (Å²) in [6, 6.07) is 14.5. The lowest BCUT2D eigenvalue weighted by molar-refractivity contribution is 0.491. The highest BCUT2D eigenvalue weighted by atomic mass is 32.1. The van der Waals surface area contributed by atoms with E-state index < -0.39 is 8.32 Å². The van der Waals surface area contributed by atoms with Gasteiger partial charge in [0.1, 0.15) is 11.6 Å². The molecule has 1 atom stereocenters. The maximum absolute atomic E-state index is 13.4. The fourth-order valence-electron chi connectivity index (χ4n) is 2.84. The zero-order chi connectivity index (χ0) is 20.5. The Morgan fingerprint density at radius 2 is 1.75 bits per heavy atom. The molecule has 1 unspecified atom stereocenters. The van der Waals surface area contributed by atoms with Gasteiger partial charge in [-0.2, -0.15) is 0 Å². The molecule has 2 aromatic carbocycles. The largest absolute Gasteiger partial charge is 0.543 e. The minimum absolute atomic E-state index is 0.122. The lowest BCUT2D eigenvalue weighted by Gasteiger charge is -2.36. The standard InChI is InChI=1S/C22H27FN2OSSi/c1-22(2,3)28(4,5)26-18-8-6-7-16(13-18)20-19(14-24-21(27)25-20)15-9-11-17(23)12-10-15/h6-14,20H,1-5H3,(H2,24,25,27). The molecular formula is C22H27FN2OSSi. The summed E-state index contributed by atoms with van der Waals surface area (Å²) in [5.74, 6) is 0.617. The van der Waals surface area contributed by atoms with Crippen LogP contribution in [0.25, 0.3) is 5.57 Å². The minimum Gasteiger partial charge on any atom is -0.543 e. The van der Waals surface area contributed by atoms with Gasteiger partial charge < -0.3 is 15.1 Å². The van der Waals surface area contributed by atoms with Crippen molar-refractivity contribution in [3.05, 3.63) is 71.7 Å². The van der Waals surface area contributed by atoms with Crippen molar-refractivity contribution < 1.29 is 8.82 Å². The first-order chi connectivity index (χ1) is 13.1. The molecule has 3 nitrogen and oxygen atoms in total. The van der Waals surface area contributed by atoms with Crippen LogP contribution in [0.4, 0.5) is 4.39 Å². The van der Waals surface area contributed by atoms with E-state index in [0.717, 1.165) is 22.4 Å². The van der Waals surface area contributed by atoms with E-state index in [9.17, 15) is 4.39 Å². The van der Waals surface area contributed by atoms with Gasteiger partial charge in [-0.25, -0.2) is 4.39 Å². The number of halogens is 1. The van der Waals surface area contributed by atoms with Gasteiger partial charge in [0.05, 0.1) is 6.04 Å². The van der Waals surface area contributed by atoms with Crippen LogP contribution >= 0.6 is 12.2 Å². The van der Waals surface area contributed by atoms with Crippen LogP contribution in [0.5, 0.6) is 5.75 Å². The first kappa shape index (κ1) is 20.5. The molecule has 0 spiro atoms. The molecule has 0 aliphatic carbocycles. The van der Waals surface area contributed by atoms with Crippen LogP contribution in [-0.4, -0.2) is 13.4 Å². The van der Waals surface area contributed by atoms with Gasteiger partial charge in [0.15, 0.2) is 5.11 Å². The fourth-order valence-corrected chi connectivity index (χ4v) is 4.04. The van der Waals surface area contributed by atoms with E-state index in [-0.39, 0.29) is 16.9 Å². The number of hydrogen-bond acceptors (Lipinski definition) is 2. The highest BCUT2D eigenvalue weighted by molar-refractivity contribution is 7.80. The van der Waals surface area contributed by atoms with Gasteiger partial charge in [-0.1, -0.05) is 45.0 Å². The molecule has 0 bridgehead atoms. The van der Waals surface area contributed by atoms with Gasteiger partial charge in [-0.05, 0) is 65.7 Å². The Balaban J connectivity index is 1.94. The third-order valence-corrected chi connectivity index (χ3v) is 10.1. The molecular weight excluding hydrogens is 387 g/mol. The molecule has 0 amide bonds. The van der Waals surface area contributed by atoms with Crippen LogP contribution < -0.4 is 15.1 Å². The smallest absolute Gasteiger partial charge is 0.250 e. The first-order valence-corrected chi connectivity index (χ1v) is 12.7. The minimum atomic E-state index is -1.93. The molecule has 0 saturated heterocycles. The molecule has 28 heavy (non-hydrogen) atoms. The summed E-state index contributed by atoms with van der Waals surface area (Å²) in [6.07, 6.45) is 1.89. The quantitative estimate of drug-likeness (QED) is 0.491. The van der Waals surface area contributed by atoms with Crippen molar-refractivity contribution in [2.24, 2.45) is 0 Å². The summed E-state index contributed by atoms with van der Waals surface area (Å²) in [7, 11) is -1.93. The summed E-state index contributed by atoms with van der Waals surface area (Å²) in [5, 5.41) is 7.07. The Bertz CT molecular complexity index is 903. The molecule has 6 heteroatoms. The molecule has 0 aromatic heterocycles. The van der Waals surface area contributed by atoms with Gasteiger partial charge >= 0.3 is 0 Å². The third-order valence-electron chi connectivity index (χ3n) is 5.49. The Labute approximate surface area is 173 Å². The molecule has 1 aliphatic rings. The zero-order valence-electron chi connectivity index (χ0n) is 17.0. The van der Waals surface area contributed by atoms with E-state index in [0.29, 0.717) is 5.11 Å². The summed E-state index contributed by atoms with van der Waals surface area (Å²) in [6.45, 7) is 11.2. The molecule has 148 valence electrons. The Morgan fingerprint density at radius 1 is 1.07 bits per heavy atom. The van der Waals surface area contributed by atoms with E-state index in [1.807, 2.05) is 18.3 Å². The molecule has 0 fully saturated rings. The normalized spacial score (nSPS) is 17.4. The Hall–Kier alpha value is -2.18. The van der Waals surface area contributed by atoms with Gasteiger partial charge in [0.25, 0.3) is 0 Å². The van der Waals surface area contributed by atoms with Crippen molar-refractivity contribution >= 4 is 31.2 Å². The van der Waals surface area contributed by atoms with Crippen molar-refractivity contribution in [3.63, 3.8) is 0 Å². The monoisotopic (exact) mass is 414 g/mol. The highest BCUT2D eigenvalue weighted by Gasteiger charge is 2.39. The van der Waals surface area contributed by atoms with Gasteiger partial charge in [-0.3, -0.25) is 0 Å². The summed E-state index contributed by atoms with van der Waals surface area (Å²) < 4.78 is 19.8. The van der Waals surface area contributed by atoms with Crippen LogP contribution in [0.15, 0.2) is 54.7 Å². The Kier molecular flexibility index (Phi) is 5.64. The van der Waals surface area contributed by atoms with Crippen LogP contribution in [0.3, 0.4) is 0 Å². The molecule has 0 radical (unpaired) electrons. The van der Waals surface area contributed by atoms with Crippen molar-refractivity contribution in [2.45, 2.75) is 44.9 Å². The van der Waals surface area contributed by atoms with Crippen LogP contribution in [-0.2, 0) is 0 Å². The van der Waals surface area contributed by atoms with Crippen molar-refractivity contribution in [2.75, 3.05) is 0 Å². The molecule has 0 saturated carbocycles. The number of benzene rings is 2. The number of thiocarbonyl (C=S) groups is 1. The number of hydrogen-bond donors (Lipinski definition) is 2. The third kappa shape index (κ3) is 4.44. The molecule has 3 rings (SSSR count). The van der Waals surface area contributed by atoms with Gasteiger partial charge in [0.2, 0.25) is 8.32 Å². The lowest BCUT2D eigenvalue weighted by Crippen LogP contribution is -2.44. The molecule has 2 N–H and O–H groups in total. The maximum atomic E-state index is 13.4. The van der Waals surface area contributed by atoms with Gasteiger partial charge in [-0.15, -0.1) is 0 Å². The van der Waals surface area contributed by atoms with Crippen molar-refractivity contribution in [3.8, 4) is 5.75 Å². The second kappa shape index (κ2) is 7.68. The van der Waals surface area contributed by atoms with Crippen LogP contribution in [0.2, 0.25) is 18.1 Å². The van der Waals surface area contributed by atoms with Crippen molar-refractivity contribution in [1.82, 2.24) is 10.6 Å². The predicted octanol–water partition coefficient (Wildman–Crippen LogP) is 5.77. The fraction of sp³-hybridized carbons (Fsp3) is 0.318. The summed E-state index contributed by atoms with van der Waals surface area (Å²) in [4.78, 5) is 0. The van der Waals surface area contributed by atoms with Crippen molar-refractivity contribution in [1.29, 1.82) is 0 Å². The molecule has 2 aromatic rings. The van der Waals surface area contributed by atoms with E-state index in [2.05, 4.69) is 56.6 Å². The number of rotatable bonds is 4. The summed E-state index contributed by atoms with van der Waals surface area (Å²) in [5.41, 5.74) is 2.98. The molecule has 1 heterocycles. The number of nitrogens with one attached hydrogen (secondary N) is 2. The first-order valence-electron chi connectivity index (χ1n) is 9.39. The van der Waals surface area contributed by atoms with Gasteiger partial charge in [0, 0.05) is 11.8 Å². The highest BCUT2D eigenvalue weighted by Crippen LogP contribution is 2.38. The van der Waals surface area contributed by atoms with Crippen LogP contribution in [0.1, 0.15) is 37.9 Å². The van der Waals surface area contributed by atoms with E-state index >= 15 is 0 Å². The average molecular weight is 415 g/mol.